The highest BCUT2D eigenvalue weighted by atomic mass is 35.5. The van der Waals surface area contributed by atoms with Crippen LogP contribution in [0.25, 0.3) is 0 Å². The molecule has 2 aromatic rings. The van der Waals surface area contributed by atoms with Crippen LogP contribution in [-0.2, 0) is 17.6 Å². The molecule has 2 unspecified atom stereocenters. The molecule has 2 atom stereocenters. The molecule has 0 aliphatic heterocycles. The molecule has 158 valence electrons. The molecular formula is C23H30ClNO4. The van der Waals surface area contributed by atoms with Gasteiger partial charge in [0.2, 0.25) is 0 Å². The van der Waals surface area contributed by atoms with E-state index in [1.807, 2.05) is 12.1 Å². The first-order valence-corrected chi connectivity index (χ1v) is 10.2. The van der Waals surface area contributed by atoms with Gasteiger partial charge < -0.3 is 20.3 Å². The van der Waals surface area contributed by atoms with Crippen LogP contribution in [0.4, 0.5) is 0 Å². The zero-order chi connectivity index (χ0) is 21.4. The minimum Gasteiger partial charge on any atom is -0.496 e. The molecule has 0 bridgehead atoms. The van der Waals surface area contributed by atoms with Gasteiger partial charge >= 0.3 is 0 Å². The second kappa shape index (κ2) is 11.2. The van der Waals surface area contributed by atoms with Crippen LogP contribution in [0.15, 0.2) is 42.5 Å². The SMILES string of the molecule is CC(C)O.COc1cccc2c1CC(CNC(=O)C(O)c1cccc(Cl)c1)CC2. The fourth-order valence-corrected chi connectivity index (χ4v) is 3.56. The molecule has 5 nitrogen and oxygen atoms in total. The number of carbonyl (C=O) groups is 1. The van der Waals surface area contributed by atoms with Crippen molar-refractivity contribution in [2.75, 3.05) is 13.7 Å². The molecule has 0 saturated heterocycles. The minimum atomic E-state index is -1.20. The zero-order valence-electron chi connectivity index (χ0n) is 17.2. The molecule has 0 saturated carbocycles. The number of carbonyl (C=O) groups excluding carboxylic acids is 1. The summed E-state index contributed by atoms with van der Waals surface area (Å²) in [4.78, 5) is 12.2. The maximum atomic E-state index is 12.2. The largest absolute Gasteiger partial charge is 0.496 e. The molecule has 0 spiro atoms. The third kappa shape index (κ3) is 7.03. The van der Waals surface area contributed by atoms with E-state index in [0.717, 1.165) is 25.0 Å². The summed E-state index contributed by atoms with van der Waals surface area (Å²) in [7, 11) is 1.68. The van der Waals surface area contributed by atoms with Gasteiger partial charge in [-0.15, -0.1) is 0 Å². The van der Waals surface area contributed by atoms with Crippen LogP contribution in [0.2, 0.25) is 5.02 Å². The van der Waals surface area contributed by atoms with Crippen molar-refractivity contribution in [2.24, 2.45) is 5.92 Å². The molecule has 1 amide bonds. The van der Waals surface area contributed by atoms with E-state index in [1.54, 1.807) is 45.2 Å². The third-order valence-electron chi connectivity index (χ3n) is 4.74. The summed E-state index contributed by atoms with van der Waals surface area (Å²) >= 11 is 5.91. The standard InChI is InChI=1S/C20H22ClNO3.C3H8O/c1-25-18-7-3-4-14-9-8-13(10-17(14)18)12-22-20(24)19(23)15-5-2-6-16(21)11-15;1-3(2)4/h2-7,11,13,19,23H,8-10,12H2,1H3,(H,22,24);3-4H,1-2H3. The number of methoxy groups -OCH3 is 1. The molecule has 1 aliphatic rings. The number of hydrogen-bond acceptors (Lipinski definition) is 4. The highest BCUT2D eigenvalue weighted by Crippen LogP contribution is 2.32. The van der Waals surface area contributed by atoms with Crippen LogP contribution in [0.5, 0.6) is 5.75 Å². The van der Waals surface area contributed by atoms with Crippen molar-refractivity contribution in [3.63, 3.8) is 0 Å². The molecule has 2 aromatic carbocycles. The van der Waals surface area contributed by atoms with Crippen molar-refractivity contribution in [2.45, 2.75) is 45.3 Å². The predicted molar refractivity (Wildman–Crippen MR) is 115 cm³/mol. The molecule has 1 aliphatic carbocycles. The second-order valence-electron chi connectivity index (χ2n) is 7.50. The first-order chi connectivity index (χ1) is 13.8. The van der Waals surface area contributed by atoms with Gasteiger partial charge in [-0.2, -0.15) is 0 Å². The van der Waals surface area contributed by atoms with Gasteiger partial charge in [-0.1, -0.05) is 35.9 Å². The van der Waals surface area contributed by atoms with E-state index in [9.17, 15) is 9.90 Å². The number of rotatable bonds is 5. The number of aliphatic hydroxyl groups is 2. The van der Waals surface area contributed by atoms with Gasteiger partial charge in [0, 0.05) is 17.7 Å². The number of fused-ring (bicyclic) bond motifs is 1. The quantitative estimate of drug-likeness (QED) is 0.690. The van der Waals surface area contributed by atoms with Crippen LogP contribution in [0.3, 0.4) is 0 Å². The van der Waals surface area contributed by atoms with E-state index in [-0.39, 0.29) is 6.10 Å². The van der Waals surface area contributed by atoms with Crippen molar-refractivity contribution in [3.8, 4) is 5.75 Å². The predicted octanol–water partition coefficient (Wildman–Crippen LogP) is 3.69. The molecule has 0 aromatic heterocycles. The molecule has 6 heteroatoms. The summed E-state index contributed by atoms with van der Waals surface area (Å²) < 4.78 is 5.45. The summed E-state index contributed by atoms with van der Waals surface area (Å²) in [5, 5.41) is 21.6. The fourth-order valence-electron chi connectivity index (χ4n) is 3.36. The lowest BCUT2D eigenvalue weighted by Crippen LogP contribution is -2.35. The van der Waals surface area contributed by atoms with E-state index in [0.29, 0.717) is 23.0 Å². The first-order valence-electron chi connectivity index (χ1n) is 9.85. The molecule has 3 N–H and O–H groups in total. The molecule has 0 radical (unpaired) electrons. The fraction of sp³-hybridized carbons (Fsp3) is 0.435. The highest BCUT2D eigenvalue weighted by molar-refractivity contribution is 6.30. The summed E-state index contributed by atoms with van der Waals surface area (Å²) in [6.07, 6.45) is 1.48. The van der Waals surface area contributed by atoms with Crippen LogP contribution in [0, 0.1) is 5.92 Å². The number of aliphatic hydroxyl groups excluding tert-OH is 2. The van der Waals surface area contributed by atoms with Gasteiger partial charge in [0.15, 0.2) is 6.10 Å². The van der Waals surface area contributed by atoms with Crippen molar-refractivity contribution in [3.05, 3.63) is 64.2 Å². The van der Waals surface area contributed by atoms with Crippen molar-refractivity contribution < 1.29 is 19.7 Å². The lowest BCUT2D eigenvalue weighted by Gasteiger charge is -2.26. The number of benzene rings is 2. The average molecular weight is 420 g/mol. The van der Waals surface area contributed by atoms with E-state index in [4.69, 9.17) is 21.4 Å². The topological polar surface area (TPSA) is 78.8 Å². The van der Waals surface area contributed by atoms with Crippen molar-refractivity contribution in [1.82, 2.24) is 5.32 Å². The molecule has 29 heavy (non-hydrogen) atoms. The summed E-state index contributed by atoms with van der Waals surface area (Å²) in [6.45, 7) is 3.98. The van der Waals surface area contributed by atoms with Gasteiger partial charge in [0.25, 0.3) is 5.91 Å². The third-order valence-corrected chi connectivity index (χ3v) is 4.98. The Bertz CT molecular complexity index is 792. The Hall–Kier alpha value is -2.08. The van der Waals surface area contributed by atoms with Gasteiger partial charge in [-0.25, -0.2) is 0 Å². The average Bonchev–Trinajstić information content (AvgIpc) is 2.70. The Morgan fingerprint density at radius 1 is 1.24 bits per heavy atom. The Labute approximate surface area is 177 Å². The maximum Gasteiger partial charge on any atom is 0.253 e. The van der Waals surface area contributed by atoms with Crippen molar-refractivity contribution in [1.29, 1.82) is 0 Å². The summed E-state index contributed by atoms with van der Waals surface area (Å²) in [5.41, 5.74) is 3.05. The number of ether oxygens (including phenoxy) is 1. The van der Waals surface area contributed by atoms with Gasteiger partial charge in [-0.05, 0) is 73.9 Å². The van der Waals surface area contributed by atoms with E-state index in [1.165, 1.54) is 11.1 Å². The highest BCUT2D eigenvalue weighted by Gasteiger charge is 2.23. The Kier molecular flexibility index (Phi) is 8.96. The number of hydrogen-bond donors (Lipinski definition) is 3. The molecule has 3 rings (SSSR count). The number of halogens is 1. The number of amides is 1. The molecule has 0 heterocycles. The van der Waals surface area contributed by atoms with E-state index < -0.39 is 12.0 Å². The number of aryl methyl sites for hydroxylation is 1. The lowest BCUT2D eigenvalue weighted by molar-refractivity contribution is -0.129. The smallest absolute Gasteiger partial charge is 0.253 e. The zero-order valence-corrected chi connectivity index (χ0v) is 17.9. The first kappa shape index (κ1) is 23.2. The monoisotopic (exact) mass is 419 g/mol. The van der Waals surface area contributed by atoms with Gasteiger partial charge in [-0.3, -0.25) is 4.79 Å². The van der Waals surface area contributed by atoms with Crippen LogP contribution < -0.4 is 10.1 Å². The maximum absolute atomic E-state index is 12.2. The van der Waals surface area contributed by atoms with Crippen LogP contribution >= 0.6 is 11.6 Å². The van der Waals surface area contributed by atoms with E-state index in [2.05, 4.69) is 11.4 Å². The Morgan fingerprint density at radius 3 is 2.59 bits per heavy atom. The van der Waals surface area contributed by atoms with Crippen LogP contribution in [0.1, 0.15) is 43.1 Å². The van der Waals surface area contributed by atoms with Crippen molar-refractivity contribution >= 4 is 17.5 Å². The normalized spacial score (nSPS) is 16.3. The number of nitrogens with one attached hydrogen (secondary N) is 1. The Morgan fingerprint density at radius 2 is 1.93 bits per heavy atom. The van der Waals surface area contributed by atoms with Gasteiger partial charge in [0.05, 0.1) is 7.11 Å². The molecule has 0 fully saturated rings. The summed E-state index contributed by atoms with van der Waals surface area (Å²) in [6, 6.07) is 12.9. The van der Waals surface area contributed by atoms with E-state index >= 15 is 0 Å². The van der Waals surface area contributed by atoms with Crippen LogP contribution in [-0.4, -0.2) is 35.9 Å². The molecular weight excluding hydrogens is 390 g/mol. The minimum absolute atomic E-state index is 0.167. The Balaban J connectivity index is 0.000000687. The second-order valence-corrected chi connectivity index (χ2v) is 7.94. The summed E-state index contributed by atoms with van der Waals surface area (Å²) in [5.74, 6) is 0.847. The van der Waals surface area contributed by atoms with Gasteiger partial charge in [0.1, 0.15) is 5.75 Å². The lowest BCUT2D eigenvalue weighted by atomic mass is 9.83.